The summed E-state index contributed by atoms with van der Waals surface area (Å²) < 4.78 is 30.2. The van der Waals surface area contributed by atoms with Crippen molar-refractivity contribution in [2.24, 2.45) is 7.05 Å². The molecule has 0 saturated carbocycles. The Morgan fingerprint density at radius 2 is 1.62 bits per heavy atom. The van der Waals surface area contributed by atoms with Gasteiger partial charge in [0.2, 0.25) is 0 Å². The number of aromatic nitrogens is 5. The summed E-state index contributed by atoms with van der Waals surface area (Å²) in [5, 5.41) is 8.61. The third kappa shape index (κ3) is 3.08. The Morgan fingerprint density at radius 3 is 2.19 bits per heavy atom. The fraction of sp³-hybridized carbons (Fsp3) is 0.312. The molecule has 10 heteroatoms. The summed E-state index contributed by atoms with van der Waals surface area (Å²) in [6, 6.07) is 7.66. The summed E-state index contributed by atoms with van der Waals surface area (Å²) in [5.41, 5.74) is 0. The summed E-state index contributed by atoms with van der Waals surface area (Å²) in [6.45, 7) is 1.90. The predicted molar refractivity (Wildman–Crippen MR) is 95.5 cm³/mol. The van der Waals surface area contributed by atoms with E-state index in [0.717, 1.165) is 11.6 Å². The molecule has 0 N–H and O–H groups in total. The molecule has 1 aliphatic rings. The van der Waals surface area contributed by atoms with Gasteiger partial charge < -0.3 is 14.0 Å². The lowest BCUT2D eigenvalue weighted by molar-refractivity contribution is 0.382. The van der Waals surface area contributed by atoms with Crippen LogP contribution in [-0.2, 0) is 17.1 Å². The Hall–Kier alpha value is -2.72. The quantitative estimate of drug-likeness (QED) is 0.662. The number of hydrogen-bond acceptors (Lipinski definition) is 6. The molecule has 0 unspecified atom stereocenters. The van der Waals surface area contributed by atoms with E-state index in [-0.39, 0.29) is 5.03 Å². The van der Waals surface area contributed by atoms with Gasteiger partial charge in [-0.25, -0.2) is 13.4 Å². The second kappa shape index (κ2) is 6.54. The third-order valence-electron chi connectivity index (χ3n) is 4.35. The van der Waals surface area contributed by atoms with Crippen LogP contribution in [-0.4, -0.2) is 63.2 Å². The SMILES string of the molecule is Cn1cnc(S(=O)(=O)N2CCN(c3ccc(-n4cccc4)nn3)CC2)c1. The maximum atomic E-state index is 12.6. The number of aryl methyl sites for hydroxylation is 1. The molecule has 0 aromatic carbocycles. The lowest BCUT2D eigenvalue weighted by Crippen LogP contribution is -2.49. The second-order valence-electron chi connectivity index (χ2n) is 6.11. The summed E-state index contributed by atoms with van der Waals surface area (Å²) >= 11 is 0. The van der Waals surface area contributed by atoms with Gasteiger partial charge in [-0.05, 0) is 24.3 Å². The van der Waals surface area contributed by atoms with E-state index in [1.165, 1.54) is 16.8 Å². The van der Waals surface area contributed by atoms with Gasteiger partial charge in [0, 0.05) is 51.8 Å². The standard InChI is InChI=1S/C16H19N7O2S/c1-20-12-16(17-13-20)26(24,25)23-10-8-22(9-11-23)15-5-4-14(18-19-15)21-6-2-3-7-21/h2-7,12-13H,8-11H2,1H3. The van der Waals surface area contributed by atoms with E-state index in [1.807, 2.05) is 46.1 Å². The minimum Gasteiger partial charge on any atom is -0.352 e. The van der Waals surface area contributed by atoms with Crippen LogP contribution in [0.3, 0.4) is 0 Å². The number of nitrogens with zero attached hydrogens (tertiary/aromatic N) is 7. The Labute approximate surface area is 151 Å². The second-order valence-corrected chi connectivity index (χ2v) is 7.99. The Balaban J connectivity index is 1.43. The highest BCUT2D eigenvalue weighted by molar-refractivity contribution is 7.89. The molecule has 1 aliphatic heterocycles. The molecule has 9 nitrogen and oxygen atoms in total. The Bertz CT molecular complexity index is 972. The van der Waals surface area contributed by atoms with Crippen molar-refractivity contribution in [1.29, 1.82) is 0 Å². The zero-order valence-corrected chi connectivity index (χ0v) is 15.1. The largest absolute Gasteiger partial charge is 0.352 e. The van der Waals surface area contributed by atoms with Gasteiger partial charge >= 0.3 is 0 Å². The van der Waals surface area contributed by atoms with Crippen molar-refractivity contribution < 1.29 is 8.42 Å². The van der Waals surface area contributed by atoms with E-state index >= 15 is 0 Å². The van der Waals surface area contributed by atoms with Crippen LogP contribution in [0.15, 0.2) is 54.2 Å². The van der Waals surface area contributed by atoms with Gasteiger partial charge in [0.05, 0.1) is 6.33 Å². The van der Waals surface area contributed by atoms with Gasteiger partial charge in [0.25, 0.3) is 10.0 Å². The smallest absolute Gasteiger partial charge is 0.262 e. The first-order valence-corrected chi connectivity index (χ1v) is 9.68. The first kappa shape index (κ1) is 16.7. The molecule has 0 radical (unpaired) electrons. The molecule has 1 saturated heterocycles. The summed E-state index contributed by atoms with van der Waals surface area (Å²) in [5.74, 6) is 1.49. The molecule has 26 heavy (non-hydrogen) atoms. The van der Waals surface area contributed by atoms with Gasteiger partial charge in [0.1, 0.15) is 0 Å². The van der Waals surface area contributed by atoms with Gasteiger partial charge in [-0.3, -0.25) is 0 Å². The van der Waals surface area contributed by atoms with E-state index in [2.05, 4.69) is 15.2 Å². The fourth-order valence-electron chi connectivity index (χ4n) is 2.92. The number of piperazine rings is 1. The molecule has 0 bridgehead atoms. The van der Waals surface area contributed by atoms with Gasteiger partial charge in [-0.2, -0.15) is 4.31 Å². The van der Waals surface area contributed by atoms with Crippen molar-refractivity contribution in [3.05, 3.63) is 49.2 Å². The average molecular weight is 373 g/mol. The van der Waals surface area contributed by atoms with E-state index in [1.54, 1.807) is 11.6 Å². The maximum Gasteiger partial charge on any atom is 0.262 e. The number of rotatable bonds is 4. The zero-order chi connectivity index (χ0) is 18.1. The zero-order valence-electron chi connectivity index (χ0n) is 14.3. The minimum absolute atomic E-state index is 0.0873. The number of hydrogen-bond donors (Lipinski definition) is 0. The van der Waals surface area contributed by atoms with Gasteiger partial charge in [-0.15, -0.1) is 10.2 Å². The van der Waals surface area contributed by atoms with Crippen molar-refractivity contribution in [2.75, 3.05) is 31.1 Å². The maximum absolute atomic E-state index is 12.6. The lowest BCUT2D eigenvalue weighted by atomic mass is 10.3. The summed E-state index contributed by atoms with van der Waals surface area (Å²) in [6.07, 6.45) is 6.83. The molecule has 0 spiro atoms. The molecule has 1 fully saturated rings. The number of imidazole rings is 1. The van der Waals surface area contributed by atoms with E-state index in [9.17, 15) is 8.42 Å². The van der Waals surface area contributed by atoms with E-state index in [4.69, 9.17) is 0 Å². The fourth-order valence-corrected chi connectivity index (χ4v) is 4.31. The van der Waals surface area contributed by atoms with Crippen LogP contribution >= 0.6 is 0 Å². The Kier molecular flexibility index (Phi) is 4.21. The highest BCUT2D eigenvalue weighted by Gasteiger charge is 2.30. The van der Waals surface area contributed by atoms with Crippen molar-refractivity contribution >= 4 is 15.8 Å². The van der Waals surface area contributed by atoms with Crippen LogP contribution in [0.2, 0.25) is 0 Å². The first-order chi connectivity index (χ1) is 12.5. The van der Waals surface area contributed by atoms with Crippen LogP contribution in [0, 0.1) is 0 Å². The third-order valence-corrected chi connectivity index (χ3v) is 6.14. The van der Waals surface area contributed by atoms with Crippen LogP contribution in [0.25, 0.3) is 5.82 Å². The topological polar surface area (TPSA) is 89.2 Å². The van der Waals surface area contributed by atoms with Crippen LogP contribution in [0.1, 0.15) is 0 Å². The normalized spacial score (nSPS) is 16.1. The summed E-state index contributed by atoms with van der Waals surface area (Å²) in [4.78, 5) is 6.01. The highest BCUT2D eigenvalue weighted by atomic mass is 32.2. The molecule has 3 aromatic rings. The first-order valence-electron chi connectivity index (χ1n) is 8.24. The van der Waals surface area contributed by atoms with Crippen molar-refractivity contribution in [3.63, 3.8) is 0 Å². The molecule has 4 heterocycles. The predicted octanol–water partition coefficient (Wildman–Crippen LogP) is 0.512. The highest BCUT2D eigenvalue weighted by Crippen LogP contribution is 2.19. The minimum atomic E-state index is -3.55. The molecule has 136 valence electrons. The van der Waals surface area contributed by atoms with E-state index < -0.39 is 10.0 Å². The van der Waals surface area contributed by atoms with Gasteiger partial charge in [-0.1, -0.05) is 0 Å². The summed E-state index contributed by atoms with van der Waals surface area (Å²) in [7, 11) is -1.80. The van der Waals surface area contributed by atoms with Crippen molar-refractivity contribution in [2.45, 2.75) is 5.03 Å². The van der Waals surface area contributed by atoms with Crippen LogP contribution in [0.5, 0.6) is 0 Å². The average Bonchev–Trinajstić information content (AvgIpc) is 3.34. The van der Waals surface area contributed by atoms with Gasteiger partial charge in [0.15, 0.2) is 16.7 Å². The van der Waals surface area contributed by atoms with Crippen LogP contribution in [0.4, 0.5) is 5.82 Å². The monoisotopic (exact) mass is 373 g/mol. The lowest BCUT2D eigenvalue weighted by Gasteiger charge is -2.33. The molecular formula is C16H19N7O2S. The number of sulfonamides is 1. The van der Waals surface area contributed by atoms with Crippen molar-refractivity contribution in [3.8, 4) is 5.82 Å². The molecular weight excluding hydrogens is 354 g/mol. The molecule has 0 aliphatic carbocycles. The van der Waals surface area contributed by atoms with Crippen LogP contribution < -0.4 is 4.90 Å². The van der Waals surface area contributed by atoms with Crippen molar-refractivity contribution in [1.82, 2.24) is 28.6 Å². The molecule has 4 rings (SSSR count). The number of anilines is 1. The molecule has 0 atom stereocenters. The molecule has 0 amide bonds. The molecule has 3 aromatic heterocycles. The Morgan fingerprint density at radius 1 is 0.962 bits per heavy atom. The van der Waals surface area contributed by atoms with E-state index in [0.29, 0.717) is 26.2 Å².